The highest BCUT2D eigenvalue weighted by Crippen LogP contribution is 2.29. The van der Waals surface area contributed by atoms with Crippen LogP contribution in [0.1, 0.15) is 5.56 Å². The molecule has 0 saturated heterocycles. The van der Waals surface area contributed by atoms with E-state index >= 15 is 0 Å². The van der Waals surface area contributed by atoms with Gasteiger partial charge in [0.15, 0.2) is 5.11 Å². The Hall–Kier alpha value is -1.59. The minimum absolute atomic E-state index is 0.206. The van der Waals surface area contributed by atoms with E-state index in [1.165, 1.54) is 0 Å². The second-order valence-electron chi connectivity index (χ2n) is 5.15. The van der Waals surface area contributed by atoms with Gasteiger partial charge in [-0.05, 0) is 42.5 Å². The Morgan fingerprint density at radius 3 is 2.50 bits per heavy atom. The van der Waals surface area contributed by atoms with Gasteiger partial charge in [-0.3, -0.25) is 0 Å². The van der Waals surface area contributed by atoms with Crippen LogP contribution in [0.4, 0.5) is 5.69 Å². The second-order valence-corrected chi connectivity index (χ2v) is 6.74. The highest BCUT2D eigenvalue weighted by Gasteiger charge is 2.15. The largest absolute Gasteiger partial charge is 0.376 e. The Morgan fingerprint density at radius 2 is 1.79 bits per heavy atom. The zero-order valence-electron chi connectivity index (χ0n) is 12.3. The number of halogens is 3. The molecular weight excluding hydrogens is 385 g/mol. The van der Waals surface area contributed by atoms with E-state index in [1.54, 1.807) is 23.1 Å². The molecule has 2 N–H and O–H groups in total. The van der Waals surface area contributed by atoms with Gasteiger partial charge in [0.2, 0.25) is 0 Å². The maximum atomic E-state index is 6.33. The van der Waals surface area contributed by atoms with Crippen LogP contribution in [0.2, 0.25) is 15.2 Å². The maximum absolute atomic E-state index is 6.33. The number of fused-ring (bicyclic) bond motifs is 1. The minimum atomic E-state index is 0.206. The van der Waals surface area contributed by atoms with Crippen LogP contribution < -0.4 is 10.6 Å². The van der Waals surface area contributed by atoms with Crippen molar-refractivity contribution in [2.45, 2.75) is 6.54 Å². The molecule has 1 heterocycles. The fourth-order valence-electron chi connectivity index (χ4n) is 2.37. The molecule has 0 amide bonds. The summed E-state index contributed by atoms with van der Waals surface area (Å²) in [5.41, 5.74) is 8.27. The number of hydrogen-bond donors (Lipinski definition) is 1. The summed E-state index contributed by atoms with van der Waals surface area (Å²) >= 11 is 23.6. The molecule has 7 heteroatoms. The summed E-state index contributed by atoms with van der Waals surface area (Å²) < 4.78 is 0. The average Bonchev–Trinajstić information content (AvgIpc) is 2.55. The van der Waals surface area contributed by atoms with Crippen LogP contribution in [0.5, 0.6) is 0 Å². The van der Waals surface area contributed by atoms with E-state index in [0.29, 0.717) is 21.7 Å². The topological polar surface area (TPSA) is 42.1 Å². The molecule has 0 aliphatic rings. The molecule has 0 aliphatic heterocycles. The van der Waals surface area contributed by atoms with E-state index < -0.39 is 0 Å². The normalized spacial score (nSPS) is 10.8. The molecule has 2 aromatic carbocycles. The number of aromatic nitrogens is 1. The molecule has 3 nitrogen and oxygen atoms in total. The molecule has 3 rings (SSSR count). The maximum Gasteiger partial charge on any atom is 0.171 e. The summed E-state index contributed by atoms with van der Waals surface area (Å²) in [5.74, 6) is 0. The predicted octanol–water partition coefficient (Wildman–Crippen LogP) is 5.45. The zero-order valence-corrected chi connectivity index (χ0v) is 15.4. The third-order valence-corrected chi connectivity index (χ3v) is 4.85. The Labute approximate surface area is 159 Å². The van der Waals surface area contributed by atoms with Crippen molar-refractivity contribution >= 4 is 68.7 Å². The summed E-state index contributed by atoms with van der Waals surface area (Å²) in [4.78, 5) is 6.15. The summed E-state index contributed by atoms with van der Waals surface area (Å²) in [6.07, 6.45) is 0. The van der Waals surface area contributed by atoms with E-state index in [9.17, 15) is 0 Å². The van der Waals surface area contributed by atoms with Crippen LogP contribution in [0, 0.1) is 0 Å². The number of para-hydroxylation sites is 1. The number of nitrogens with zero attached hydrogens (tertiary/aromatic N) is 2. The van der Waals surface area contributed by atoms with Crippen molar-refractivity contribution in [3.05, 3.63) is 69.3 Å². The Morgan fingerprint density at radius 1 is 1.04 bits per heavy atom. The van der Waals surface area contributed by atoms with Crippen LogP contribution >= 0.6 is 47.0 Å². The SMILES string of the molecule is NC(=S)N(Cc1cc2ccccc2nc1Cl)c1ccc(Cl)c(Cl)c1. The molecule has 0 unspecified atom stereocenters. The first kappa shape index (κ1) is 17.2. The number of benzene rings is 2. The molecule has 24 heavy (non-hydrogen) atoms. The van der Waals surface area contributed by atoms with E-state index in [4.69, 9.17) is 52.8 Å². The number of rotatable bonds is 3. The highest BCUT2D eigenvalue weighted by atomic mass is 35.5. The van der Waals surface area contributed by atoms with E-state index in [0.717, 1.165) is 22.2 Å². The van der Waals surface area contributed by atoms with E-state index in [1.807, 2.05) is 30.3 Å². The smallest absolute Gasteiger partial charge is 0.171 e. The predicted molar refractivity (Wildman–Crippen MR) is 106 cm³/mol. The first-order valence-corrected chi connectivity index (χ1v) is 8.56. The molecule has 0 radical (unpaired) electrons. The molecule has 0 atom stereocenters. The van der Waals surface area contributed by atoms with Gasteiger partial charge < -0.3 is 10.6 Å². The molecule has 0 spiro atoms. The van der Waals surface area contributed by atoms with Gasteiger partial charge in [-0.25, -0.2) is 4.98 Å². The Bertz CT molecular complexity index is 930. The molecule has 3 aromatic rings. The summed E-state index contributed by atoms with van der Waals surface area (Å²) in [7, 11) is 0. The second kappa shape index (κ2) is 7.11. The van der Waals surface area contributed by atoms with E-state index in [-0.39, 0.29) is 5.11 Å². The number of nitrogens with two attached hydrogens (primary N) is 1. The van der Waals surface area contributed by atoms with Crippen molar-refractivity contribution in [1.82, 2.24) is 4.98 Å². The lowest BCUT2D eigenvalue weighted by atomic mass is 10.1. The lowest BCUT2D eigenvalue weighted by Gasteiger charge is -2.24. The van der Waals surface area contributed by atoms with Gasteiger partial charge in [0.1, 0.15) is 5.15 Å². The van der Waals surface area contributed by atoms with Crippen molar-refractivity contribution in [1.29, 1.82) is 0 Å². The van der Waals surface area contributed by atoms with Crippen LogP contribution in [0.3, 0.4) is 0 Å². The summed E-state index contributed by atoms with van der Waals surface area (Å²) in [5, 5.41) is 2.51. The summed E-state index contributed by atoms with van der Waals surface area (Å²) in [6, 6.07) is 15.0. The molecule has 0 bridgehead atoms. The average molecular weight is 397 g/mol. The lowest BCUT2D eigenvalue weighted by Crippen LogP contribution is -2.35. The standard InChI is InChI=1S/C17H12Cl3N3S/c18-13-6-5-12(8-14(13)19)23(17(21)24)9-11-7-10-3-1-2-4-15(10)22-16(11)20/h1-8H,9H2,(H2,21,24). The highest BCUT2D eigenvalue weighted by molar-refractivity contribution is 7.80. The zero-order chi connectivity index (χ0) is 17.3. The minimum Gasteiger partial charge on any atom is -0.376 e. The summed E-state index contributed by atoms with van der Waals surface area (Å²) in [6.45, 7) is 0.379. The molecular formula is C17H12Cl3N3S. The van der Waals surface area contributed by atoms with Gasteiger partial charge in [-0.1, -0.05) is 53.0 Å². The van der Waals surface area contributed by atoms with Crippen LogP contribution in [-0.4, -0.2) is 10.1 Å². The van der Waals surface area contributed by atoms with Gasteiger partial charge in [-0.15, -0.1) is 0 Å². The monoisotopic (exact) mass is 395 g/mol. The van der Waals surface area contributed by atoms with E-state index in [2.05, 4.69) is 4.98 Å². The van der Waals surface area contributed by atoms with Gasteiger partial charge in [0.25, 0.3) is 0 Å². The van der Waals surface area contributed by atoms with Crippen molar-refractivity contribution in [2.75, 3.05) is 4.90 Å². The molecule has 0 fully saturated rings. The fourth-order valence-corrected chi connectivity index (χ4v) is 3.03. The van der Waals surface area contributed by atoms with Crippen molar-refractivity contribution in [3.8, 4) is 0 Å². The third kappa shape index (κ3) is 3.57. The van der Waals surface area contributed by atoms with Gasteiger partial charge in [0, 0.05) is 16.6 Å². The number of anilines is 1. The molecule has 1 aromatic heterocycles. The van der Waals surface area contributed by atoms with Crippen molar-refractivity contribution in [2.24, 2.45) is 5.73 Å². The molecule has 0 aliphatic carbocycles. The quantitative estimate of drug-likeness (QED) is 0.472. The van der Waals surface area contributed by atoms with Crippen LogP contribution in [-0.2, 0) is 6.54 Å². The van der Waals surface area contributed by atoms with Crippen LogP contribution in [0.15, 0.2) is 48.5 Å². The van der Waals surface area contributed by atoms with Crippen molar-refractivity contribution < 1.29 is 0 Å². The van der Waals surface area contributed by atoms with Gasteiger partial charge >= 0.3 is 0 Å². The lowest BCUT2D eigenvalue weighted by molar-refractivity contribution is 1.00. The first-order chi connectivity index (χ1) is 11.5. The molecule has 122 valence electrons. The van der Waals surface area contributed by atoms with Crippen LogP contribution in [0.25, 0.3) is 10.9 Å². The number of hydrogen-bond acceptors (Lipinski definition) is 2. The third-order valence-electron chi connectivity index (χ3n) is 3.56. The van der Waals surface area contributed by atoms with Crippen molar-refractivity contribution in [3.63, 3.8) is 0 Å². The van der Waals surface area contributed by atoms with Gasteiger partial charge in [0.05, 0.1) is 22.1 Å². The van der Waals surface area contributed by atoms with Gasteiger partial charge in [-0.2, -0.15) is 0 Å². The first-order valence-electron chi connectivity index (χ1n) is 7.02. The Balaban J connectivity index is 2.00. The number of pyridine rings is 1. The number of thiocarbonyl (C=S) groups is 1. The fraction of sp³-hybridized carbons (Fsp3) is 0.0588. The Kier molecular flexibility index (Phi) is 5.11. The molecule has 0 saturated carbocycles.